The second-order valence-electron chi connectivity index (χ2n) is 6.15. The Balaban J connectivity index is 1.89. The van der Waals surface area contributed by atoms with Crippen LogP contribution in [0, 0.1) is 0 Å². The SMILES string of the molecule is O=C(c1cc(-c2ccco2)nc2c(Cl)cccc12)N1CCCC1CO. The summed E-state index contributed by atoms with van der Waals surface area (Å²) in [6, 6.07) is 10.6. The van der Waals surface area contributed by atoms with Crippen molar-refractivity contribution in [2.75, 3.05) is 13.2 Å². The molecule has 1 amide bonds. The van der Waals surface area contributed by atoms with Gasteiger partial charge in [-0.05, 0) is 37.1 Å². The van der Waals surface area contributed by atoms with Crippen molar-refractivity contribution in [3.63, 3.8) is 0 Å². The van der Waals surface area contributed by atoms with E-state index in [9.17, 15) is 9.90 Å². The number of amides is 1. The van der Waals surface area contributed by atoms with Crippen LogP contribution < -0.4 is 0 Å². The summed E-state index contributed by atoms with van der Waals surface area (Å²) in [4.78, 5) is 19.5. The number of aliphatic hydroxyl groups excluding tert-OH is 1. The van der Waals surface area contributed by atoms with Gasteiger partial charge in [-0.3, -0.25) is 4.79 Å². The molecule has 0 aliphatic carbocycles. The fourth-order valence-electron chi connectivity index (χ4n) is 3.39. The van der Waals surface area contributed by atoms with Gasteiger partial charge in [0.25, 0.3) is 5.91 Å². The zero-order chi connectivity index (χ0) is 17.4. The van der Waals surface area contributed by atoms with Crippen LogP contribution >= 0.6 is 11.6 Å². The van der Waals surface area contributed by atoms with Crippen molar-refractivity contribution in [2.24, 2.45) is 0 Å². The molecule has 0 bridgehead atoms. The molecule has 0 radical (unpaired) electrons. The second kappa shape index (κ2) is 6.50. The zero-order valence-electron chi connectivity index (χ0n) is 13.5. The normalized spacial score (nSPS) is 17.4. The number of hydrogen-bond acceptors (Lipinski definition) is 4. The Morgan fingerprint density at radius 3 is 3.00 bits per heavy atom. The first-order valence-electron chi connectivity index (χ1n) is 8.24. The highest BCUT2D eigenvalue weighted by atomic mass is 35.5. The molecule has 1 saturated heterocycles. The van der Waals surface area contributed by atoms with Crippen LogP contribution in [0.3, 0.4) is 0 Å². The topological polar surface area (TPSA) is 66.6 Å². The smallest absolute Gasteiger partial charge is 0.254 e. The number of para-hydroxylation sites is 1. The third-order valence-corrected chi connectivity index (χ3v) is 4.95. The molecule has 128 valence electrons. The molecule has 6 heteroatoms. The number of fused-ring (bicyclic) bond motifs is 1. The lowest BCUT2D eigenvalue weighted by atomic mass is 10.0. The minimum absolute atomic E-state index is 0.0272. The van der Waals surface area contributed by atoms with Crippen LogP contribution in [0.4, 0.5) is 0 Å². The predicted molar refractivity (Wildman–Crippen MR) is 95.6 cm³/mol. The number of aliphatic hydroxyl groups is 1. The lowest BCUT2D eigenvalue weighted by molar-refractivity contribution is 0.0679. The number of halogens is 1. The molecule has 1 unspecified atom stereocenters. The van der Waals surface area contributed by atoms with Crippen molar-refractivity contribution in [1.82, 2.24) is 9.88 Å². The number of aromatic nitrogens is 1. The molecule has 1 fully saturated rings. The molecule has 3 heterocycles. The van der Waals surface area contributed by atoms with Gasteiger partial charge in [-0.2, -0.15) is 0 Å². The average molecular weight is 357 g/mol. The van der Waals surface area contributed by atoms with Crippen molar-refractivity contribution in [2.45, 2.75) is 18.9 Å². The second-order valence-corrected chi connectivity index (χ2v) is 6.55. The Hall–Kier alpha value is -2.37. The molecule has 2 aromatic heterocycles. The van der Waals surface area contributed by atoms with Gasteiger partial charge in [0.05, 0.1) is 35.0 Å². The Kier molecular flexibility index (Phi) is 4.19. The first-order valence-corrected chi connectivity index (χ1v) is 8.62. The van der Waals surface area contributed by atoms with Gasteiger partial charge >= 0.3 is 0 Å². The van der Waals surface area contributed by atoms with E-state index in [2.05, 4.69) is 4.98 Å². The van der Waals surface area contributed by atoms with Crippen LogP contribution in [-0.4, -0.2) is 40.1 Å². The number of pyridine rings is 1. The van der Waals surface area contributed by atoms with E-state index in [0.29, 0.717) is 39.5 Å². The maximum Gasteiger partial charge on any atom is 0.254 e. The van der Waals surface area contributed by atoms with E-state index >= 15 is 0 Å². The van der Waals surface area contributed by atoms with Gasteiger partial charge < -0.3 is 14.4 Å². The van der Waals surface area contributed by atoms with Crippen LogP contribution in [0.25, 0.3) is 22.4 Å². The maximum atomic E-state index is 13.2. The zero-order valence-corrected chi connectivity index (χ0v) is 14.2. The van der Waals surface area contributed by atoms with E-state index in [0.717, 1.165) is 12.8 Å². The summed E-state index contributed by atoms with van der Waals surface area (Å²) in [7, 11) is 0. The Bertz CT molecular complexity index is 924. The predicted octanol–water partition coefficient (Wildman–Crippen LogP) is 3.75. The Morgan fingerprint density at radius 2 is 2.24 bits per heavy atom. The highest BCUT2D eigenvalue weighted by Gasteiger charge is 2.30. The maximum absolute atomic E-state index is 13.2. The number of rotatable bonds is 3. The summed E-state index contributed by atoms with van der Waals surface area (Å²) in [5.74, 6) is 0.468. The molecule has 3 aromatic rings. The molecule has 25 heavy (non-hydrogen) atoms. The summed E-state index contributed by atoms with van der Waals surface area (Å²) in [5.41, 5.74) is 1.66. The summed E-state index contributed by atoms with van der Waals surface area (Å²) < 4.78 is 5.44. The monoisotopic (exact) mass is 356 g/mol. The van der Waals surface area contributed by atoms with Gasteiger partial charge in [0.1, 0.15) is 5.69 Å². The third-order valence-electron chi connectivity index (χ3n) is 4.64. The minimum atomic E-state index is -0.137. The van der Waals surface area contributed by atoms with Gasteiger partial charge in [-0.15, -0.1) is 0 Å². The van der Waals surface area contributed by atoms with Gasteiger partial charge in [0.15, 0.2) is 5.76 Å². The van der Waals surface area contributed by atoms with Crippen molar-refractivity contribution in [1.29, 1.82) is 0 Å². The largest absolute Gasteiger partial charge is 0.463 e. The molecule has 1 aliphatic heterocycles. The summed E-state index contributed by atoms with van der Waals surface area (Å²) in [6.45, 7) is 0.616. The van der Waals surface area contributed by atoms with Crippen molar-refractivity contribution in [3.8, 4) is 11.5 Å². The molecule has 5 nitrogen and oxygen atoms in total. The molecule has 1 atom stereocenters. The van der Waals surface area contributed by atoms with Crippen molar-refractivity contribution < 1.29 is 14.3 Å². The van der Waals surface area contributed by atoms with Crippen LogP contribution in [-0.2, 0) is 0 Å². The standard InChI is InChI=1S/C19H17ClN2O3/c20-15-6-1-5-13-14(19(24)22-8-2-4-12(22)11-23)10-16(21-18(13)15)17-7-3-9-25-17/h1,3,5-7,9-10,12,23H,2,4,8,11H2. The lowest BCUT2D eigenvalue weighted by Gasteiger charge is -2.24. The number of furan rings is 1. The molecule has 1 aromatic carbocycles. The van der Waals surface area contributed by atoms with Crippen LogP contribution in [0.5, 0.6) is 0 Å². The Labute approximate surface area is 149 Å². The third kappa shape index (κ3) is 2.79. The fraction of sp³-hybridized carbons (Fsp3) is 0.263. The molecule has 1 aliphatic rings. The number of likely N-dealkylation sites (tertiary alicyclic amines) is 1. The van der Waals surface area contributed by atoms with Crippen molar-refractivity contribution in [3.05, 3.63) is 53.2 Å². The number of nitrogens with zero attached hydrogens (tertiary/aromatic N) is 2. The van der Waals surface area contributed by atoms with E-state index in [1.54, 1.807) is 35.4 Å². The molecule has 0 saturated carbocycles. The lowest BCUT2D eigenvalue weighted by Crippen LogP contribution is -2.37. The van der Waals surface area contributed by atoms with E-state index in [1.165, 1.54) is 0 Å². The van der Waals surface area contributed by atoms with Crippen LogP contribution in [0.15, 0.2) is 47.1 Å². The first-order chi connectivity index (χ1) is 12.2. The van der Waals surface area contributed by atoms with E-state index in [4.69, 9.17) is 16.0 Å². The van der Waals surface area contributed by atoms with Gasteiger partial charge in [-0.25, -0.2) is 4.98 Å². The molecule has 4 rings (SSSR count). The number of hydrogen-bond donors (Lipinski definition) is 1. The highest BCUT2D eigenvalue weighted by molar-refractivity contribution is 6.35. The number of benzene rings is 1. The summed E-state index contributed by atoms with van der Waals surface area (Å²) >= 11 is 6.32. The highest BCUT2D eigenvalue weighted by Crippen LogP contribution is 2.31. The fourth-order valence-corrected chi connectivity index (χ4v) is 3.61. The number of carbonyl (C=O) groups excluding carboxylic acids is 1. The quantitative estimate of drug-likeness (QED) is 0.776. The molecule has 0 spiro atoms. The van der Waals surface area contributed by atoms with Crippen LogP contribution in [0.1, 0.15) is 23.2 Å². The molecular weight excluding hydrogens is 340 g/mol. The van der Waals surface area contributed by atoms with Crippen LogP contribution in [0.2, 0.25) is 5.02 Å². The summed E-state index contributed by atoms with van der Waals surface area (Å²) in [5, 5.41) is 10.7. The van der Waals surface area contributed by atoms with Gasteiger partial charge in [0.2, 0.25) is 0 Å². The van der Waals surface area contributed by atoms with E-state index < -0.39 is 0 Å². The Morgan fingerprint density at radius 1 is 1.36 bits per heavy atom. The average Bonchev–Trinajstić information content (AvgIpc) is 3.32. The molecule has 1 N–H and O–H groups in total. The molecular formula is C19H17ClN2O3. The van der Waals surface area contributed by atoms with E-state index in [1.807, 2.05) is 12.1 Å². The van der Waals surface area contributed by atoms with Gasteiger partial charge in [0, 0.05) is 11.9 Å². The first kappa shape index (κ1) is 16.1. The van der Waals surface area contributed by atoms with E-state index in [-0.39, 0.29) is 18.6 Å². The number of carbonyl (C=O) groups is 1. The minimum Gasteiger partial charge on any atom is -0.463 e. The van der Waals surface area contributed by atoms with Crippen molar-refractivity contribution >= 4 is 28.4 Å². The van der Waals surface area contributed by atoms with Gasteiger partial charge in [-0.1, -0.05) is 23.7 Å². The summed E-state index contributed by atoms with van der Waals surface area (Å²) in [6.07, 6.45) is 3.28.